The first-order chi connectivity index (χ1) is 17.3. The summed E-state index contributed by atoms with van der Waals surface area (Å²) in [6, 6.07) is 12.8. The summed E-state index contributed by atoms with van der Waals surface area (Å²) in [7, 11) is 0. The quantitative estimate of drug-likeness (QED) is 0.464. The molecule has 4 rings (SSSR count). The standard InChI is InChI=1S/C28H33N3O5/c1-18-9-7-12-25(19(18)2)29-27(32)16-31(15-22-10-8-14-34-22)28(33)23-11-5-6-13-26(23)35-17-24-20(3)30-36-21(24)4/h5-7,9,11-13,22H,8,10,14-17H2,1-4H3,(H,29,32)/t22-/m0/s1. The first kappa shape index (κ1) is 25.4. The van der Waals surface area contributed by atoms with Crippen LogP contribution in [0.5, 0.6) is 5.75 Å². The smallest absolute Gasteiger partial charge is 0.258 e. The molecule has 1 saturated heterocycles. The molecule has 190 valence electrons. The van der Waals surface area contributed by atoms with Crippen LogP contribution in [0.1, 0.15) is 51.3 Å². The highest BCUT2D eigenvalue weighted by molar-refractivity contribution is 6.01. The summed E-state index contributed by atoms with van der Waals surface area (Å²) in [5.41, 5.74) is 4.82. The van der Waals surface area contributed by atoms with E-state index in [4.69, 9.17) is 14.0 Å². The van der Waals surface area contributed by atoms with Crippen LogP contribution in [0.15, 0.2) is 47.0 Å². The minimum absolute atomic E-state index is 0.0930. The van der Waals surface area contributed by atoms with Gasteiger partial charge in [-0.2, -0.15) is 0 Å². The van der Waals surface area contributed by atoms with E-state index in [2.05, 4.69) is 10.5 Å². The Balaban J connectivity index is 1.53. The number of anilines is 1. The fourth-order valence-corrected chi connectivity index (χ4v) is 4.30. The predicted octanol–water partition coefficient (Wildman–Crippen LogP) is 4.75. The molecular weight excluding hydrogens is 458 g/mol. The molecule has 1 atom stereocenters. The maximum Gasteiger partial charge on any atom is 0.258 e. The van der Waals surface area contributed by atoms with E-state index in [1.165, 1.54) is 0 Å². The van der Waals surface area contributed by atoms with Crippen LogP contribution in [0, 0.1) is 27.7 Å². The van der Waals surface area contributed by atoms with Crippen LogP contribution in [0.4, 0.5) is 5.69 Å². The number of benzene rings is 2. The van der Waals surface area contributed by atoms with E-state index in [0.717, 1.165) is 40.9 Å². The Labute approximate surface area is 211 Å². The van der Waals surface area contributed by atoms with Gasteiger partial charge in [0.1, 0.15) is 24.7 Å². The van der Waals surface area contributed by atoms with Crippen molar-refractivity contribution in [1.29, 1.82) is 0 Å². The van der Waals surface area contributed by atoms with Crippen molar-refractivity contribution < 1.29 is 23.6 Å². The molecular formula is C28H33N3O5. The Morgan fingerprint density at radius 3 is 2.64 bits per heavy atom. The van der Waals surface area contributed by atoms with Crippen molar-refractivity contribution in [2.24, 2.45) is 0 Å². The van der Waals surface area contributed by atoms with Crippen LogP contribution >= 0.6 is 0 Å². The third-order valence-electron chi connectivity index (χ3n) is 6.62. The fraction of sp³-hybridized carbons (Fsp3) is 0.393. The number of hydrogen-bond acceptors (Lipinski definition) is 6. The molecule has 0 spiro atoms. The number of carbonyl (C=O) groups is 2. The Bertz CT molecular complexity index is 1210. The Kier molecular flexibility index (Phi) is 8.05. The molecule has 0 bridgehead atoms. The first-order valence-electron chi connectivity index (χ1n) is 12.2. The van der Waals surface area contributed by atoms with E-state index in [0.29, 0.717) is 30.2 Å². The molecule has 2 aromatic carbocycles. The molecule has 0 unspecified atom stereocenters. The summed E-state index contributed by atoms with van der Waals surface area (Å²) in [6.07, 6.45) is 1.70. The van der Waals surface area contributed by atoms with Crippen molar-refractivity contribution in [3.05, 3.63) is 76.2 Å². The molecule has 0 saturated carbocycles. The van der Waals surface area contributed by atoms with Crippen LogP contribution < -0.4 is 10.1 Å². The molecule has 8 nitrogen and oxygen atoms in total. The molecule has 1 aromatic heterocycles. The number of amides is 2. The van der Waals surface area contributed by atoms with E-state index in [9.17, 15) is 9.59 Å². The zero-order chi connectivity index (χ0) is 25.7. The summed E-state index contributed by atoms with van der Waals surface area (Å²) < 4.78 is 17.0. The van der Waals surface area contributed by atoms with Gasteiger partial charge in [0.25, 0.3) is 5.91 Å². The Hall–Kier alpha value is -3.65. The first-order valence-corrected chi connectivity index (χ1v) is 12.2. The topological polar surface area (TPSA) is 93.9 Å². The van der Waals surface area contributed by atoms with E-state index < -0.39 is 0 Å². The number of nitrogens with one attached hydrogen (secondary N) is 1. The van der Waals surface area contributed by atoms with E-state index >= 15 is 0 Å². The van der Waals surface area contributed by atoms with Crippen molar-refractivity contribution >= 4 is 17.5 Å². The summed E-state index contributed by atoms with van der Waals surface area (Å²) in [4.78, 5) is 28.3. The Morgan fingerprint density at radius 2 is 1.92 bits per heavy atom. The normalized spacial score (nSPS) is 15.1. The van der Waals surface area contributed by atoms with Gasteiger partial charge in [0.2, 0.25) is 5.91 Å². The van der Waals surface area contributed by atoms with Gasteiger partial charge < -0.3 is 24.2 Å². The zero-order valence-corrected chi connectivity index (χ0v) is 21.3. The second-order valence-corrected chi connectivity index (χ2v) is 9.20. The van der Waals surface area contributed by atoms with Gasteiger partial charge in [-0.15, -0.1) is 0 Å². The average Bonchev–Trinajstić information content (AvgIpc) is 3.49. The van der Waals surface area contributed by atoms with Gasteiger partial charge in [-0.1, -0.05) is 29.4 Å². The fourth-order valence-electron chi connectivity index (χ4n) is 4.30. The monoisotopic (exact) mass is 491 g/mol. The SMILES string of the molecule is Cc1cccc(NC(=O)CN(C[C@@H]2CCCO2)C(=O)c2ccccc2OCc2c(C)noc2C)c1C. The lowest BCUT2D eigenvalue weighted by atomic mass is 10.1. The second-order valence-electron chi connectivity index (χ2n) is 9.20. The molecule has 1 aliphatic rings. The molecule has 1 aliphatic heterocycles. The van der Waals surface area contributed by atoms with Gasteiger partial charge >= 0.3 is 0 Å². The van der Waals surface area contributed by atoms with Crippen molar-refractivity contribution in [3.63, 3.8) is 0 Å². The van der Waals surface area contributed by atoms with Gasteiger partial charge in [0.15, 0.2) is 0 Å². The van der Waals surface area contributed by atoms with Crippen molar-refractivity contribution in [2.75, 3.05) is 25.0 Å². The molecule has 1 N–H and O–H groups in total. The molecule has 8 heteroatoms. The highest BCUT2D eigenvalue weighted by atomic mass is 16.5. The van der Waals surface area contributed by atoms with E-state index in [-0.39, 0.29) is 31.1 Å². The molecule has 3 aromatic rings. The summed E-state index contributed by atoms with van der Waals surface area (Å²) in [5, 5.41) is 6.92. The third-order valence-corrected chi connectivity index (χ3v) is 6.62. The number of para-hydroxylation sites is 1. The summed E-state index contributed by atoms with van der Waals surface area (Å²) >= 11 is 0. The third kappa shape index (κ3) is 5.94. The van der Waals surface area contributed by atoms with Crippen LogP contribution in [0.2, 0.25) is 0 Å². The lowest BCUT2D eigenvalue weighted by Crippen LogP contribution is -2.42. The maximum absolute atomic E-state index is 13.7. The van der Waals surface area contributed by atoms with Crippen molar-refractivity contribution in [3.8, 4) is 5.75 Å². The highest BCUT2D eigenvalue weighted by Crippen LogP contribution is 2.24. The second kappa shape index (κ2) is 11.4. The van der Waals surface area contributed by atoms with Crippen molar-refractivity contribution in [1.82, 2.24) is 10.1 Å². The minimum Gasteiger partial charge on any atom is -0.488 e. The number of ether oxygens (including phenoxy) is 2. The molecule has 0 aliphatic carbocycles. The number of aromatic nitrogens is 1. The van der Waals surface area contributed by atoms with Gasteiger partial charge in [0, 0.05) is 18.8 Å². The summed E-state index contributed by atoms with van der Waals surface area (Å²) in [5.74, 6) is 0.578. The minimum atomic E-state index is -0.282. The van der Waals surface area contributed by atoms with Crippen LogP contribution in [0.25, 0.3) is 0 Å². The summed E-state index contributed by atoms with van der Waals surface area (Å²) in [6.45, 7) is 8.77. The Morgan fingerprint density at radius 1 is 1.11 bits per heavy atom. The maximum atomic E-state index is 13.7. The zero-order valence-electron chi connectivity index (χ0n) is 21.3. The molecule has 2 amide bonds. The van der Waals surface area contributed by atoms with Crippen molar-refractivity contribution in [2.45, 2.75) is 53.2 Å². The molecule has 1 fully saturated rings. The molecule has 36 heavy (non-hydrogen) atoms. The van der Waals surface area contributed by atoms with Crippen LogP contribution in [-0.4, -0.2) is 47.7 Å². The van der Waals surface area contributed by atoms with Crippen LogP contribution in [-0.2, 0) is 16.1 Å². The lowest BCUT2D eigenvalue weighted by molar-refractivity contribution is -0.117. The van der Waals surface area contributed by atoms with Gasteiger partial charge in [0.05, 0.1) is 22.9 Å². The highest BCUT2D eigenvalue weighted by Gasteiger charge is 2.27. The largest absolute Gasteiger partial charge is 0.488 e. The number of rotatable bonds is 9. The lowest BCUT2D eigenvalue weighted by Gasteiger charge is -2.26. The molecule has 2 heterocycles. The predicted molar refractivity (Wildman–Crippen MR) is 136 cm³/mol. The number of aryl methyl sites for hydroxylation is 3. The van der Waals surface area contributed by atoms with Gasteiger partial charge in [-0.3, -0.25) is 9.59 Å². The van der Waals surface area contributed by atoms with Gasteiger partial charge in [-0.05, 0) is 69.9 Å². The van der Waals surface area contributed by atoms with E-state index in [1.54, 1.807) is 23.1 Å². The molecule has 0 radical (unpaired) electrons. The average molecular weight is 492 g/mol. The van der Waals surface area contributed by atoms with Crippen LogP contribution in [0.3, 0.4) is 0 Å². The van der Waals surface area contributed by atoms with E-state index in [1.807, 2.05) is 52.0 Å². The number of carbonyl (C=O) groups excluding carboxylic acids is 2. The van der Waals surface area contributed by atoms with Gasteiger partial charge in [-0.25, -0.2) is 0 Å². The number of nitrogens with zero attached hydrogens (tertiary/aromatic N) is 2. The number of hydrogen-bond donors (Lipinski definition) is 1.